The Balaban J connectivity index is 1.76. The van der Waals surface area contributed by atoms with Gasteiger partial charge in [-0.05, 0) is 55.3 Å². The maximum atomic E-state index is 14.3. The van der Waals surface area contributed by atoms with Gasteiger partial charge < -0.3 is 24.8 Å². The van der Waals surface area contributed by atoms with Crippen molar-refractivity contribution >= 4 is 23.2 Å². The molecule has 0 aliphatic carbocycles. The molecule has 36 heavy (non-hydrogen) atoms. The number of halogens is 2. The van der Waals surface area contributed by atoms with Gasteiger partial charge in [-0.15, -0.1) is 0 Å². The molecule has 0 atom stereocenters. The van der Waals surface area contributed by atoms with Gasteiger partial charge in [0.2, 0.25) is 0 Å². The smallest absolute Gasteiger partial charge is 0.259 e. The summed E-state index contributed by atoms with van der Waals surface area (Å²) in [5.74, 6) is -1.97. The number of benzene rings is 3. The van der Waals surface area contributed by atoms with Crippen LogP contribution in [-0.2, 0) is 0 Å². The Morgan fingerprint density at radius 2 is 1.22 bits per heavy atom. The molecule has 0 fully saturated rings. The molecule has 7 nitrogen and oxygen atoms in total. The number of rotatable bonds is 11. The van der Waals surface area contributed by atoms with E-state index in [1.165, 1.54) is 49.6 Å². The standard InChI is InChI=1S/C27H28F2N2O5/c1-4-12-35-24-10-7-18(15-21(24)28)30-26(32)17-6-9-23(34-3)20(14-17)27(33)31-19-8-11-25(22(29)16-19)36-13-5-2/h6-11,14-16H,4-5,12-13H2,1-3H3,(H,30,32)(H,31,33). The van der Waals surface area contributed by atoms with Crippen molar-refractivity contribution in [3.63, 3.8) is 0 Å². The van der Waals surface area contributed by atoms with Gasteiger partial charge in [0.15, 0.2) is 23.1 Å². The highest BCUT2D eigenvalue weighted by Crippen LogP contribution is 2.26. The Hall–Kier alpha value is -4.14. The minimum Gasteiger partial charge on any atom is -0.496 e. The fourth-order valence-electron chi connectivity index (χ4n) is 3.24. The quantitative estimate of drug-likeness (QED) is 0.336. The highest BCUT2D eigenvalue weighted by Gasteiger charge is 2.18. The molecule has 0 aliphatic rings. The van der Waals surface area contributed by atoms with Crippen LogP contribution < -0.4 is 24.8 Å². The molecule has 0 aliphatic heterocycles. The Morgan fingerprint density at radius 3 is 1.69 bits per heavy atom. The molecule has 0 spiro atoms. The molecule has 2 N–H and O–H groups in total. The summed E-state index contributed by atoms with van der Waals surface area (Å²) in [4.78, 5) is 25.7. The zero-order valence-corrected chi connectivity index (χ0v) is 20.3. The van der Waals surface area contributed by atoms with E-state index in [0.29, 0.717) is 13.2 Å². The monoisotopic (exact) mass is 498 g/mol. The summed E-state index contributed by atoms with van der Waals surface area (Å²) >= 11 is 0. The van der Waals surface area contributed by atoms with Crippen LogP contribution in [0, 0.1) is 11.6 Å². The van der Waals surface area contributed by atoms with Gasteiger partial charge in [0, 0.05) is 29.1 Å². The molecule has 0 heterocycles. The SMILES string of the molecule is CCCOc1ccc(NC(=O)c2ccc(OC)c(C(=O)Nc3ccc(OCCC)c(F)c3)c2)cc1F. The van der Waals surface area contributed by atoms with Crippen molar-refractivity contribution in [3.05, 3.63) is 77.4 Å². The van der Waals surface area contributed by atoms with Crippen molar-refractivity contribution in [2.24, 2.45) is 0 Å². The molecule has 0 bridgehead atoms. The minimum absolute atomic E-state index is 0.0614. The third-order valence-corrected chi connectivity index (χ3v) is 5.01. The van der Waals surface area contributed by atoms with Gasteiger partial charge in [-0.2, -0.15) is 0 Å². The van der Waals surface area contributed by atoms with Gasteiger partial charge in [0.05, 0.1) is 25.9 Å². The minimum atomic E-state index is -0.611. The summed E-state index contributed by atoms with van der Waals surface area (Å²) in [6.45, 7) is 4.57. The second-order valence-corrected chi connectivity index (χ2v) is 7.81. The number of carbonyl (C=O) groups is 2. The van der Waals surface area contributed by atoms with Crippen LogP contribution in [0.15, 0.2) is 54.6 Å². The molecule has 0 saturated carbocycles. The van der Waals surface area contributed by atoms with Crippen LogP contribution in [0.4, 0.5) is 20.2 Å². The lowest BCUT2D eigenvalue weighted by Gasteiger charge is -2.13. The first-order valence-electron chi connectivity index (χ1n) is 11.5. The highest BCUT2D eigenvalue weighted by atomic mass is 19.1. The number of anilines is 2. The Labute approximate surface area is 208 Å². The lowest BCUT2D eigenvalue weighted by atomic mass is 10.1. The predicted molar refractivity (Wildman–Crippen MR) is 133 cm³/mol. The van der Waals surface area contributed by atoms with Crippen LogP contribution in [0.3, 0.4) is 0 Å². The normalized spacial score (nSPS) is 10.5. The largest absolute Gasteiger partial charge is 0.496 e. The van der Waals surface area contributed by atoms with Crippen LogP contribution in [0.5, 0.6) is 17.2 Å². The molecule has 0 aromatic heterocycles. The predicted octanol–water partition coefficient (Wildman–Crippen LogP) is 6.06. The summed E-state index contributed by atoms with van der Waals surface area (Å²) in [6, 6.07) is 12.5. The van der Waals surface area contributed by atoms with Crippen molar-refractivity contribution in [2.45, 2.75) is 26.7 Å². The van der Waals surface area contributed by atoms with Gasteiger partial charge >= 0.3 is 0 Å². The topological polar surface area (TPSA) is 85.9 Å². The number of hydrogen-bond acceptors (Lipinski definition) is 5. The Kier molecular flexibility index (Phi) is 9.21. The van der Waals surface area contributed by atoms with Gasteiger partial charge in [-0.1, -0.05) is 13.8 Å². The molecule has 2 amide bonds. The van der Waals surface area contributed by atoms with Crippen LogP contribution in [0.25, 0.3) is 0 Å². The summed E-state index contributed by atoms with van der Waals surface area (Å²) in [6.07, 6.45) is 1.47. The van der Waals surface area contributed by atoms with E-state index in [1.807, 2.05) is 13.8 Å². The molecule has 0 saturated heterocycles. The average Bonchev–Trinajstić information content (AvgIpc) is 2.87. The van der Waals surface area contributed by atoms with E-state index in [0.717, 1.165) is 25.0 Å². The van der Waals surface area contributed by atoms with Crippen molar-refractivity contribution in [1.82, 2.24) is 0 Å². The average molecular weight is 499 g/mol. The van der Waals surface area contributed by atoms with Crippen molar-refractivity contribution in [1.29, 1.82) is 0 Å². The van der Waals surface area contributed by atoms with Crippen molar-refractivity contribution < 1.29 is 32.6 Å². The van der Waals surface area contributed by atoms with Crippen LogP contribution in [0.2, 0.25) is 0 Å². The van der Waals surface area contributed by atoms with E-state index >= 15 is 0 Å². The lowest BCUT2D eigenvalue weighted by Crippen LogP contribution is -2.17. The van der Waals surface area contributed by atoms with E-state index in [-0.39, 0.29) is 39.8 Å². The van der Waals surface area contributed by atoms with E-state index in [1.54, 1.807) is 0 Å². The Bertz CT molecular complexity index is 1230. The summed E-state index contributed by atoms with van der Waals surface area (Å²) in [5, 5.41) is 5.19. The van der Waals surface area contributed by atoms with E-state index < -0.39 is 23.4 Å². The second kappa shape index (κ2) is 12.5. The van der Waals surface area contributed by atoms with Gasteiger partial charge in [-0.3, -0.25) is 9.59 Å². The molecular weight excluding hydrogens is 470 g/mol. The number of ether oxygens (including phenoxy) is 3. The van der Waals surface area contributed by atoms with E-state index in [4.69, 9.17) is 14.2 Å². The summed E-state index contributed by atoms with van der Waals surface area (Å²) < 4.78 is 44.4. The summed E-state index contributed by atoms with van der Waals surface area (Å²) in [7, 11) is 1.39. The zero-order valence-electron chi connectivity index (χ0n) is 20.3. The van der Waals surface area contributed by atoms with Crippen LogP contribution in [-0.4, -0.2) is 32.1 Å². The number of methoxy groups -OCH3 is 1. The fraction of sp³-hybridized carbons (Fsp3) is 0.259. The molecule has 9 heteroatoms. The highest BCUT2D eigenvalue weighted by molar-refractivity contribution is 6.10. The number of hydrogen-bond donors (Lipinski definition) is 2. The van der Waals surface area contributed by atoms with Gasteiger partial charge in [-0.25, -0.2) is 8.78 Å². The summed E-state index contributed by atoms with van der Waals surface area (Å²) in [5.41, 5.74) is 0.636. The van der Waals surface area contributed by atoms with E-state index in [2.05, 4.69) is 10.6 Å². The first-order chi connectivity index (χ1) is 17.4. The van der Waals surface area contributed by atoms with Gasteiger partial charge in [0.25, 0.3) is 11.8 Å². The molecular formula is C27H28F2N2O5. The van der Waals surface area contributed by atoms with Crippen molar-refractivity contribution in [3.8, 4) is 17.2 Å². The number of nitrogens with one attached hydrogen (secondary N) is 2. The van der Waals surface area contributed by atoms with Crippen molar-refractivity contribution in [2.75, 3.05) is 31.0 Å². The molecule has 3 aromatic carbocycles. The first kappa shape index (κ1) is 26.5. The maximum absolute atomic E-state index is 14.3. The Morgan fingerprint density at radius 1 is 0.722 bits per heavy atom. The maximum Gasteiger partial charge on any atom is 0.259 e. The lowest BCUT2D eigenvalue weighted by molar-refractivity contribution is 0.102. The molecule has 0 radical (unpaired) electrons. The zero-order chi connectivity index (χ0) is 26.1. The van der Waals surface area contributed by atoms with Crippen LogP contribution in [0.1, 0.15) is 47.4 Å². The molecule has 0 unspecified atom stereocenters. The molecule has 190 valence electrons. The van der Waals surface area contributed by atoms with Crippen LogP contribution >= 0.6 is 0 Å². The first-order valence-corrected chi connectivity index (χ1v) is 11.5. The number of amides is 2. The van der Waals surface area contributed by atoms with Gasteiger partial charge in [0.1, 0.15) is 5.75 Å². The fourth-order valence-corrected chi connectivity index (χ4v) is 3.24. The third-order valence-electron chi connectivity index (χ3n) is 5.01. The number of carbonyl (C=O) groups excluding carboxylic acids is 2. The molecule has 3 aromatic rings. The third kappa shape index (κ3) is 6.71. The second-order valence-electron chi connectivity index (χ2n) is 7.81. The van der Waals surface area contributed by atoms with E-state index in [9.17, 15) is 18.4 Å². The molecule has 3 rings (SSSR count).